The standard InChI is InChI=1S/C8H16FN/c1-6(10-2)5-8(9)7-3-4-7/h6-8,10H,3-5H2,1-2H3. The molecule has 0 aliphatic heterocycles. The van der Waals surface area contributed by atoms with Crippen molar-refractivity contribution in [3.05, 3.63) is 0 Å². The van der Waals surface area contributed by atoms with Crippen LogP contribution in [0.25, 0.3) is 0 Å². The molecule has 1 fully saturated rings. The van der Waals surface area contributed by atoms with Crippen molar-refractivity contribution in [3.8, 4) is 0 Å². The third-order valence-electron chi connectivity index (χ3n) is 2.21. The second-order valence-corrected chi connectivity index (χ2v) is 3.28. The van der Waals surface area contributed by atoms with Crippen LogP contribution in [0.2, 0.25) is 0 Å². The SMILES string of the molecule is CNC(C)CC(F)C1CC1. The lowest BCUT2D eigenvalue weighted by Crippen LogP contribution is -2.25. The van der Waals surface area contributed by atoms with Gasteiger partial charge in [-0.25, -0.2) is 4.39 Å². The second-order valence-electron chi connectivity index (χ2n) is 3.28. The first kappa shape index (κ1) is 7.99. The first-order chi connectivity index (χ1) is 4.74. The minimum absolute atomic E-state index is 0.329. The summed E-state index contributed by atoms with van der Waals surface area (Å²) in [5, 5.41) is 3.04. The van der Waals surface area contributed by atoms with Crippen molar-refractivity contribution < 1.29 is 4.39 Å². The van der Waals surface area contributed by atoms with Crippen molar-refractivity contribution in [1.29, 1.82) is 0 Å². The molecule has 1 rings (SSSR count). The molecule has 2 unspecified atom stereocenters. The molecule has 2 heteroatoms. The van der Waals surface area contributed by atoms with Crippen LogP contribution in [-0.2, 0) is 0 Å². The Morgan fingerprint density at radius 3 is 2.60 bits per heavy atom. The number of halogens is 1. The summed E-state index contributed by atoms with van der Waals surface area (Å²) in [5.41, 5.74) is 0. The average molecular weight is 145 g/mol. The predicted octanol–water partition coefficient (Wildman–Crippen LogP) is 1.73. The summed E-state index contributed by atoms with van der Waals surface area (Å²) in [6.45, 7) is 2.02. The van der Waals surface area contributed by atoms with Gasteiger partial charge >= 0.3 is 0 Å². The molecule has 0 saturated heterocycles. The topological polar surface area (TPSA) is 12.0 Å². The monoisotopic (exact) mass is 145 g/mol. The van der Waals surface area contributed by atoms with Crippen molar-refractivity contribution in [2.24, 2.45) is 5.92 Å². The zero-order valence-corrected chi connectivity index (χ0v) is 6.73. The second kappa shape index (κ2) is 3.33. The highest BCUT2D eigenvalue weighted by molar-refractivity contribution is 4.83. The van der Waals surface area contributed by atoms with Gasteiger partial charge in [0, 0.05) is 6.04 Å². The average Bonchev–Trinajstić information content (AvgIpc) is 2.68. The molecule has 1 aliphatic rings. The van der Waals surface area contributed by atoms with E-state index in [9.17, 15) is 4.39 Å². The fourth-order valence-electron chi connectivity index (χ4n) is 1.11. The molecule has 0 heterocycles. The van der Waals surface area contributed by atoms with E-state index in [4.69, 9.17) is 0 Å². The summed E-state index contributed by atoms with van der Waals surface area (Å²) in [6.07, 6.45) is 2.35. The van der Waals surface area contributed by atoms with Crippen LogP contribution in [0.4, 0.5) is 4.39 Å². The van der Waals surface area contributed by atoms with Crippen LogP contribution in [0.15, 0.2) is 0 Å². The Bertz CT molecular complexity index is 101. The lowest BCUT2D eigenvalue weighted by Gasteiger charge is -2.12. The van der Waals surface area contributed by atoms with Gasteiger partial charge in [-0.15, -0.1) is 0 Å². The Labute approximate surface area is 62.0 Å². The van der Waals surface area contributed by atoms with Gasteiger partial charge in [-0.2, -0.15) is 0 Å². The summed E-state index contributed by atoms with van der Waals surface area (Å²) in [7, 11) is 1.88. The third kappa shape index (κ3) is 2.25. The van der Waals surface area contributed by atoms with Crippen LogP contribution in [-0.4, -0.2) is 19.3 Å². The largest absolute Gasteiger partial charge is 0.317 e. The highest BCUT2D eigenvalue weighted by Gasteiger charge is 2.31. The fraction of sp³-hybridized carbons (Fsp3) is 1.00. The molecule has 0 aromatic carbocycles. The summed E-state index contributed by atoms with van der Waals surface area (Å²) < 4.78 is 13.0. The van der Waals surface area contributed by atoms with E-state index in [2.05, 4.69) is 5.32 Å². The molecule has 60 valence electrons. The lowest BCUT2D eigenvalue weighted by atomic mass is 10.1. The smallest absolute Gasteiger partial charge is 0.104 e. The van der Waals surface area contributed by atoms with Gasteiger partial charge in [0.25, 0.3) is 0 Å². The maximum atomic E-state index is 13.0. The molecule has 0 spiro atoms. The van der Waals surface area contributed by atoms with Gasteiger partial charge in [-0.1, -0.05) is 0 Å². The Morgan fingerprint density at radius 1 is 1.60 bits per heavy atom. The van der Waals surface area contributed by atoms with Crippen LogP contribution in [0, 0.1) is 5.92 Å². The van der Waals surface area contributed by atoms with E-state index in [-0.39, 0.29) is 0 Å². The summed E-state index contributed by atoms with van der Waals surface area (Å²) in [6, 6.07) is 0.329. The van der Waals surface area contributed by atoms with Crippen molar-refractivity contribution in [2.75, 3.05) is 7.05 Å². The van der Waals surface area contributed by atoms with Crippen LogP contribution >= 0.6 is 0 Å². The molecule has 1 saturated carbocycles. The van der Waals surface area contributed by atoms with Crippen LogP contribution in [0.1, 0.15) is 26.2 Å². The first-order valence-corrected chi connectivity index (χ1v) is 4.05. The maximum Gasteiger partial charge on any atom is 0.104 e. The third-order valence-corrected chi connectivity index (χ3v) is 2.21. The Kier molecular flexibility index (Phi) is 2.66. The van der Waals surface area contributed by atoms with Gasteiger partial charge in [-0.3, -0.25) is 0 Å². The molecule has 2 atom stereocenters. The van der Waals surface area contributed by atoms with Gasteiger partial charge < -0.3 is 5.32 Å². The molecule has 0 radical (unpaired) electrons. The molecular formula is C8H16FN. The number of hydrogen-bond donors (Lipinski definition) is 1. The fourth-order valence-corrected chi connectivity index (χ4v) is 1.11. The van der Waals surface area contributed by atoms with Gasteiger partial charge in [-0.05, 0) is 39.2 Å². The Hall–Kier alpha value is -0.110. The molecule has 0 aromatic rings. The van der Waals surface area contributed by atoms with Gasteiger partial charge in [0.05, 0.1) is 0 Å². The van der Waals surface area contributed by atoms with E-state index >= 15 is 0 Å². The maximum absolute atomic E-state index is 13.0. The minimum atomic E-state index is -0.553. The highest BCUT2D eigenvalue weighted by atomic mass is 19.1. The molecule has 10 heavy (non-hydrogen) atoms. The van der Waals surface area contributed by atoms with E-state index in [1.165, 1.54) is 0 Å². The van der Waals surface area contributed by atoms with Crippen LogP contribution in [0.5, 0.6) is 0 Å². The first-order valence-electron chi connectivity index (χ1n) is 4.05. The van der Waals surface area contributed by atoms with E-state index in [1.807, 2.05) is 14.0 Å². The molecule has 0 bridgehead atoms. The normalized spacial score (nSPS) is 24.3. The summed E-state index contributed by atoms with van der Waals surface area (Å²) >= 11 is 0. The molecule has 0 aromatic heterocycles. The lowest BCUT2D eigenvalue weighted by molar-refractivity contribution is 0.258. The Balaban J connectivity index is 2.10. The zero-order valence-electron chi connectivity index (χ0n) is 6.73. The highest BCUT2D eigenvalue weighted by Crippen LogP contribution is 2.36. The minimum Gasteiger partial charge on any atom is -0.317 e. The van der Waals surface area contributed by atoms with Crippen molar-refractivity contribution >= 4 is 0 Å². The van der Waals surface area contributed by atoms with E-state index < -0.39 is 6.17 Å². The molecular weight excluding hydrogens is 129 g/mol. The van der Waals surface area contributed by atoms with Crippen molar-refractivity contribution in [1.82, 2.24) is 5.32 Å². The van der Waals surface area contributed by atoms with E-state index in [1.54, 1.807) is 0 Å². The predicted molar refractivity (Wildman–Crippen MR) is 40.8 cm³/mol. The van der Waals surface area contributed by atoms with E-state index in [0.29, 0.717) is 18.4 Å². The van der Waals surface area contributed by atoms with Crippen LogP contribution < -0.4 is 5.32 Å². The van der Waals surface area contributed by atoms with Gasteiger partial charge in [0.15, 0.2) is 0 Å². The van der Waals surface area contributed by atoms with Gasteiger partial charge in [0.2, 0.25) is 0 Å². The Morgan fingerprint density at radius 2 is 2.20 bits per heavy atom. The molecule has 0 amide bonds. The van der Waals surface area contributed by atoms with Crippen molar-refractivity contribution in [2.45, 2.75) is 38.4 Å². The van der Waals surface area contributed by atoms with Gasteiger partial charge in [0.1, 0.15) is 6.17 Å². The number of nitrogens with one attached hydrogen (secondary N) is 1. The summed E-state index contributed by atoms with van der Waals surface area (Å²) in [4.78, 5) is 0. The number of alkyl halides is 1. The zero-order chi connectivity index (χ0) is 7.56. The number of rotatable bonds is 4. The number of hydrogen-bond acceptors (Lipinski definition) is 1. The molecule has 1 aliphatic carbocycles. The quantitative estimate of drug-likeness (QED) is 0.635. The summed E-state index contributed by atoms with van der Waals surface area (Å²) in [5.74, 6) is 0.399. The van der Waals surface area contributed by atoms with Crippen LogP contribution in [0.3, 0.4) is 0 Å². The molecule has 1 N–H and O–H groups in total. The van der Waals surface area contributed by atoms with E-state index in [0.717, 1.165) is 12.8 Å². The molecule has 1 nitrogen and oxygen atoms in total. The van der Waals surface area contributed by atoms with Crippen molar-refractivity contribution in [3.63, 3.8) is 0 Å².